The van der Waals surface area contributed by atoms with Gasteiger partial charge in [0, 0.05) is 0 Å². The third kappa shape index (κ3) is 5.98. The van der Waals surface area contributed by atoms with Crippen LogP contribution in [-0.2, 0) is 24.7 Å². The number of halogens is 3. The summed E-state index contributed by atoms with van der Waals surface area (Å²) in [6.45, 7) is 2.15. The molecule has 0 aromatic heterocycles. The second kappa shape index (κ2) is 8.33. The van der Waals surface area contributed by atoms with Crippen LogP contribution < -0.4 is 0 Å². The van der Waals surface area contributed by atoms with E-state index in [-0.39, 0.29) is 37.2 Å². The van der Waals surface area contributed by atoms with Gasteiger partial charge in [-0.3, -0.25) is 0 Å². The smallest absolute Gasteiger partial charge is 0.147 e. The van der Waals surface area contributed by atoms with Crippen LogP contribution in [0.25, 0.3) is 0 Å². The summed E-state index contributed by atoms with van der Waals surface area (Å²) in [7, 11) is 0. The fraction of sp³-hybridized carbons (Fsp3) is 0.333. The molecule has 1 aliphatic carbocycles. The fourth-order valence-electron chi connectivity index (χ4n) is 0.664. The Morgan fingerprint density at radius 3 is 1.90 bits per heavy atom. The number of hydrogen-bond donors (Lipinski definition) is 0. The Balaban J connectivity index is -0.000000163. The Hall–Kier alpha value is 1.23. The van der Waals surface area contributed by atoms with Crippen LogP contribution in [0.4, 0.5) is 0 Å². The van der Waals surface area contributed by atoms with Crippen molar-refractivity contribution >= 4 is 37.2 Å². The van der Waals surface area contributed by atoms with Gasteiger partial charge in [-0.05, 0) is 0 Å². The van der Waals surface area contributed by atoms with Gasteiger partial charge in [0.2, 0.25) is 0 Å². The Morgan fingerprint density at radius 2 is 1.80 bits per heavy atom. The van der Waals surface area contributed by atoms with Gasteiger partial charge in [-0.1, -0.05) is 0 Å². The molecule has 1 aliphatic rings. The Kier molecular flexibility index (Phi) is 14.5. The van der Waals surface area contributed by atoms with E-state index in [2.05, 4.69) is 19.1 Å². The van der Waals surface area contributed by atoms with Crippen molar-refractivity contribution in [3.63, 3.8) is 0 Å². The average Bonchev–Trinajstić information content (AvgIpc) is 1.87. The van der Waals surface area contributed by atoms with Crippen LogP contribution in [0.5, 0.6) is 0 Å². The minimum absolute atomic E-state index is 0. The summed E-state index contributed by atoms with van der Waals surface area (Å²) < 4.78 is 1.57. The SMILES string of the molecule is CC1=CC[C]([Zr])=C1.Cl.Cl.Cl. The maximum absolute atomic E-state index is 2.27. The molecule has 0 fully saturated rings. The minimum atomic E-state index is 0. The van der Waals surface area contributed by atoms with Crippen molar-refractivity contribution in [3.8, 4) is 0 Å². The van der Waals surface area contributed by atoms with Gasteiger partial charge in [-0.25, -0.2) is 0 Å². The fourth-order valence-corrected chi connectivity index (χ4v) is 1.47. The van der Waals surface area contributed by atoms with Gasteiger partial charge in [-0.2, -0.15) is 0 Å². The van der Waals surface area contributed by atoms with E-state index in [0.717, 1.165) is 0 Å². The van der Waals surface area contributed by atoms with E-state index in [0.29, 0.717) is 0 Å². The Labute approximate surface area is 95.6 Å². The summed E-state index contributed by atoms with van der Waals surface area (Å²) in [6.07, 6.45) is 5.74. The summed E-state index contributed by atoms with van der Waals surface area (Å²) >= 11 is 1.57. The average molecular weight is 280 g/mol. The molecule has 0 radical (unpaired) electrons. The van der Waals surface area contributed by atoms with Crippen LogP contribution >= 0.6 is 37.2 Å². The zero-order chi connectivity index (χ0) is 5.28. The molecular formula is C6H10Cl3Zr. The summed E-state index contributed by atoms with van der Waals surface area (Å²) in [4.78, 5) is 0. The number of allylic oxidation sites excluding steroid dienone is 4. The molecule has 0 aromatic carbocycles. The van der Waals surface area contributed by atoms with E-state index in [1.807, 2.05) is 0 Å². The monoisotopic (exact) mass is 277 g/mol. The molecule has 0 saturated carbocycles. The maximum Gasteiger partial charge on any atom is -0.147 e. The first-order valence-corrected chi connectivity index (χ1v) is 3.61. The Morgan fingerprint density at radius 1 is 1.30 bits per heavy atom. The quantitative estimate of drug-likeness (QED) is 0.639. The topological polar surface area (TPSA) is 0 Å². The number of hydrogen-bond acceptors (Lipinski definition) is 0. The molecule has 1 rings (SSSR count). The maximum atomic E-state index is 2.27. The molecule has 0 heterocycles. The summed E-state index contributed by atoms with van der Waals surface area (Å²) in [5.41, 5.74) is 1.44. The van der Waals surface area contributed by atoms with Crippen LogP contribution in [0, 0.1) is 0 Å². The first-order valence-electron chi connectivity index (χ1n) is 2.38. The van der Waals surface area contributed by atoms with Crippen LogP contribution in [0.3, 0.4) is 0 Å². The molecule has 0 atom stereocenters. The summed E-state index contributed by atoms with van der Waals surface area (Å²) in [6, 6.07) is 0. The van der Waals surface area contributed by atoms with E-state index in [1.165, 1.54) is 12.0 Å². The molecule has 0 N–H and O–H groups in total. The molecule has 4 heteroatoms. The molecule has 0 spiro atoms. The van der Waals surface area contributed by atoms with Crippen molar-refractivity contribution in [2.24, 2.45) is 0 Å². The second-order valence-electron chi connectivity index (χ2n) is 1.82. The molecular weight excluding hydrogens is 270 g/mol. The molecule has 59 valence electrons. The van der Waals surface area contributed by atoms with Crippen molar-refractivity contribution in [2.45, 2.75) is 13.3 Å². The van der Waals surface area contributed by atoms with E-state index < -0.39 is 0 Å². The summed E-state index contributed by atoms with van der Waals surface area (Å²) in [5, 5.41) is 0. The molecule has 0 aliphatic heterocycles. The molecule has 0 bridgehead atoms. The van der Waals surface area contributed by atoms with Crippen LogP contribution in [0.15, 0.2) is 21.0 Å². The molecule has 0 amide bonds. The van der Waals surface area contributed by atoms with Gasteiger partial charge in [0.1, 0.15) is 0 Å². The van der Waals surface area contributed by atoms with Gasteiger partial charge in [0.05, 0.1) is 0 Å². The van der Waals surface area contributed by atoms with Gasteiger partial charge in [0.25, 0.3) is 0 Å². The van der Waals surface area contributed by atoms with E-state index >= 15 is 0 Å². The van der Waals surface area contributed by atoms with Crippen molar-refractivity contribution in [1.82, 2.24) is 0 Å². The third-order valence-corrected chi connectivity index (χ3v) is 1.90. The normalized spacial score (nSPS) is 13.2. The molecule has 0 unspecified atom stereocenters. The minimum Gasteiger partial charge on any atom is -0.147 e. The first kappa shape index (κ1) is 17.4. The van der Waals surface area contributed by atoms with Gasteiger partial charge < -0.3 is 0 Å². The zero-order valence-electron chi connectivity index (χ0n) is 5.59. The van der Waals surface area contributed by atoms with Crippen LogP contribution in [-0.4, -0.2) is 0 Å². The van der Waals surface area contributed by atoms with Crippen molar-refractivity contribution in [3.05, 3.63) is 21.0 Å². The predicted octanol–water partition coefficient (Wildman–Crippen LogP) is 3.03. The van der Waals surface area contributed by atoms with E-state index in [9.17, 15) is 0 Å². The standard InChI is InChI=1S/C6H7.3ClH.Zr/c1-6-4-2-3-5-6;;;;/h4-5H,2H2,1H3;3*1H;. The van der Waals surface area contributed by atoms with Crippen LogP contribution in [0.1, 0.15) is 13.3 Å². The zero-order valence-corrected chi connectivity index (χ0v) is 10.5. The first-order chi connectivity index (χ1) is 3.29. The molecule has 10 heavy (non-hydrogen) atoms. The third-order valence-electron chi connectivity index (χ3n) is 1.05. The summed E-state index contributed by atoms with van der Waals surface area (Å²) in [5.74, 6) is 0. The van der Waals surface area contributed by atoms with Gasteiger partial charge in [0.15, 0.2) is 0 Å². The van der Waals surface area contributed by atoms with E-state index in [1.54, 1.807) is 28.0 Å². The van der Waals surface area contributed by atoms with Crippen molar-refractivity contribution in [1.29, 1.82) is 0 Å². The molecule has 0 saturated heterocycles. The molecule has 0 nitrogen and oxygen atoms in total. The molecule has 0 aromatic rings. The van der Waals surface area contributed by atoms with Crippen molar-refractivity contribution < 1.29 is 24.7 Å². The predicted molar refractivity (Wildman–Crippen MR) is 48.2 cm³/mol. The Bertz CT molecular complexity index is 140. The van der Waals surface area contributed by atoms with Gasteiger partial charge >= 0.3 is 59.1 Å². The van der Waals surface area contributed by atoms with Crippen molar-refractivity contribution in [2.75, 3.05) is 0 Å². The van der Waals surface area contributed by atoms with Gasteiger partial charge in [-0.15, -0.1) is 37.2 Å². The largest absolute Gasteiger partial charge is 0.147 e. The van der Waals surface area contributed by atoms with Crippen LogP contribution in [0.2, 0.25) is 0 Å². The number of rotatable bonds is 0. The second-order valence-corrected chi connectivity index (χ2v) is 3.40. The van der Waals surface area contributed by atoms with E-state index in [4.69, 9.17) is 0 Å².